The fourth-order valence-electron chi connectivity index (χ4n) is 1.09. The molecule has 0 unspecified atom stereocenters. The van der Waals surface area contributed by atoms with Gasteiger partial charge in [-0.25, -0.2) is 0 Å². The number of hydrogen-bond acceptors (Lipinski definition) is 2. The maximum absolute atomic E-state index is 10.2. The van der Waals surface area contributed by atoms with Crippen molar-refractivity contribution in [2.45, 2.75) is 32.6 Å². The van der Waals surface area contributed by atoms with E-state index in [0.29, 0.717) is 0 Å². The number of carbonyl (C=O) groups is 1. The molecule has 0 spiro atoms. The van der Waals surface area contributed by atoms with Gasteiger partial charge in [0.15, 0.2) is 0 Å². The molecule has 0 heterocycles. The average Bonchev–Trinajstić information content (AvgIpc) is 2.03. The van der Waals surface area contributed by atoms with Gasteiger partial charge in [-0.15, -0.1) is 0 Å². The Labute approximate surface area is 75.3 Å². The predicted octanol–water partition coefficient (Wildman–Crippen LogP) is 2.21. The van der Waals surface area contributed by atoms with E-state index in [-0.39, 0.29) is 0 Å². The molecule has 0 saturated heterocycles. The number of carbonyl (C=O) groups excluding carboxylic acids is 1. The second-order valence-electron chi connectivity index (χ2n) is 3.15. The van der Waals surface area contributed by atoms with Crippen LogP contribution in [0.5, 0.6) is 0 Å². The van der Waals surface area contributed by atoms with Crippen molar-refractivity contribution in [3.8, 4) is 0 Å². The summed E-state index contributed by atoms with van der Waals surface area (Å²) in [5.74, 6) is 0. The smallest absolute Gasteiger partial charge is 0.144 e. The number of rotatable bonds is 6. The van der Waals surface area contributed by atoms with Crippen LogP contribution in [0.15, 0.2) is 11.8 Å². The van der Waals surface area contributed by atoms with Crippen LogP contribution in [0.2, 0.25) is 0 Å². The van der Waals surface area contributed by atoms with Gasteiger partial charge < -0.3 is 4.90 Å². The van der Waals surface area contributed by atoms with Crippen molar-refractivity contribution in [1.29, 1.82) is 0 Å². The van der Waals surface area contributed by atoms with Crippen molar-refractivity contribution in [1.82, 2.24) is 4.90 Å². The van der Waals surface area contributed by atoms with Gasteiger partial charge in [0.05, 0.1) is 0 Å². The van der Waals surface area contributed by atoms with Crippen LogP contribution >= 0.6 is 0 Å². The summed E-state index contributed by atoms with van der Waals surface area (Å²) in [6.07, 6.45) is 7.16. The molecule has 2 heteroatoms. The summed E-state index contributed by atoms with van der Waals surface area (Å²) in [6.45, 7) is 2.18. The molecule has 12 heavy (non-hydrogen) atoms. The van der Waals surface area contributed by atoms with Gasteiger partial charge in [-0.05, 0) is 18.9 Å². The summed E-state index contributed by atoms with van der Waals surface area (Å²) in [5.41, 5.74) is 1.12. The van der Waals surface area contributed by atoms with E-state index in [1.807, 2.05) is 19.0 Å². The molecule has 0 aliphatic carbocycles. The Morgan fingerprint density at radius 1 is 1.33 bits per heavy atom. The molecule has 0 aliphatic heterocycles. The largest absolute Gasteiger partial charge is 0.381 e. The Kier molecular flexibility index (Phi) is 6.44. The van der Waals surface area contributed by atoms with Crippen molar-refractivity contribution < 1.29 is 4.79 Å². The minimum Gasteiger partial charge on any atom is -0.381 e. The Morgan fingerprint density at radius 3 is 2.42 bits per heavy atom. The zero-order valence-electron chi connectivity index (χ0n) is 8.34. The van der Waals surface area contributed by atoms with Gasteiger partial charge in [0.25, 0.3) is 0 Å². The Morgan fingerprint density at radius 2 is 2.00 bits per heavy atom. The second kappa shape index (κ2) is 6.89. The first kappa shape index (κ1) is 11.2. The lowest BCUT2D eigenvalue weighted by molar-refractivity contribution is -0.104. The molecule has 0 aromatic heterocycles. The highest BCUT2D eigenvalue weighted by Crippen LogP contribution is 2.09. The summed E-state index contributed by atoms with van der Waals surface area (Å²) in [5, 5.41) is 0. The fraction of sp³-hybridized carbons (Fsp3) is 0.700. The van der Waals surface area contributed by atoms with E-state index in [9.17, 15) is 4.79 Å². The first-order valence-electron chi connectivity index (χ1n) is 4.54. The maximum atomic E-state index is 10.2. The fourth-order valence-corrected chi connectivity index (χ4v) is 1.09. The van der Waals surface area contributed by atoms with E-state index in [2.05, 4.69) is 6.92 Å². The highest BCUT2D eigenvalue weighted by Gasteiger charge is 1.97. The van der Waals surface area contributed by atoms with E-state index in [0.717, 1.165) is 18.4 Å². The van der Waals surface area contributed by atoms with Gasteiger partial charge in [0.1, 0.15) is 6.29 Å². The zero-order chi connectivity index (χ0) is 9.40. The number of aldehydes is 1. The normalized spacial score (nSPS) is 11.4. The van der Waals surface area contributed by atoms with Crippen LogP contribution < -0.4 is 0 Å². The third-order valence-corrected chi connectivity index (χ3v) is 1.87. The molecule has 0 amide bonds. The maximum Gasteiger partial charge on any atom is 0.144 e. The van der Waals surface area contributed by atoms with Gasteiger partial charge in [0.2, 0.25) is 0 Å². The topological polar surface area (TPSA) is 20.3 Å². The first-order chi connectivity index (χ1) is 5.72. The second-order valence-corrected chi connectivity index (χ2v) is 3.15. The van der Waals surface area contributed by atoms with Crippen LogP contribution in [-0.2, 0) is 4.79 Å². The van der Waals surface area contributed by atoms with E-state index < -0.39 is 0 Å². The van der Waals surface area contributed by atoms with E-state index in [4.69, 9.17) is 0 Å². The molecule has 0 bridgehead atoms. The molecule has 0 rings (SSSR count). The van der Waals surface area contributed by atoms with Gasteiger partial charge in [0, 0.05) is 19.8 Å². The SMILES string of the molecule is CCCCCC(=CC=O)N(C)C. The summed E-state index contributed by atoms with van der Waals surface area (Å²) in [7, 11) is 3.95. The molecule has 0 radical (unpaired) electrons. The molecule has 0 N–H and O–H groups in total. The molecule has 0 atom stereocenters. The quantitative estimate of drug-likeness (QED) is 0.345. The lowest BCUT2D eigenvalue weighted by atomic mass is 10.1. The molecular weight excluding hydrogens is 150 g/mol. The molecule has 0 saturated carbocycles. The summed E-state index contributed by atoms with van der Waals surface area (Å²) < 4.78 is 0. The third kappa shape index (κ3) is 4.94. The molecule has 70 valence electrons. The predicted molar refractivity (Wildman–Crippen MR) is 52.0 cm³/mol. The molecule has 2 nitrogen and oxygen atoms in total. The van der Waals surface area contributed by atoms with Crippen LogP contribution in [0.1, 0.15) is 32.6 Å². The monoisotopic (exact) mass is 169 g/mol. The lowest BCUT2D eigenvalue weighted by Gasteiger charge is -2.15. The lowest BCUT2D eigenvalue weighted by Crippen LogP contribution is -2.11. The molecule has 0 fully saturated rings. The van der Waals surface area contributed by atoms with Crippen LogP contribution in [0, 0.1) is 0 Å². The van der Waals surface area contributed by atoms with Crippen molar-refractivity contribution in [3.63, 3.8) is 0 Å². The van der Waals surface area contributed by atoms with Crippen molar-refractivity contribution in [2.75, 3.05) is 14.1 Å². The van der Waals surface area contributed by atoms with Crippen molar-refractivity contribution in [3.05, 3.63) is 11.8 Å². The minimum atomic E-state index is 0.862. The molecule has 0 aromatic carbocycles. The number of unbranched alkanes of at least 4 members (excludes halogenated alkanes) is 2. The minimum absolute atomic E-state index is 0.862. The molecule has 0 aliphatic rings. The third-order valence-electron chi connectivity index (χ3n) is 1.87. The van der Waals surface area contributed by atoms with Gasteiger partial charge in [-0.2, -0.15) is 0 Å². The standard InChI is InChI=1S/C10H19NO/c1-4-5-6-7-10(8-9-12)11(2)3/h8-9H,4-7H2,1-3H3. The Hall–Kier alpha value is -0.790. The van der Waals surface area contributed by atoms with E-state index >= 15 is 0 Å². The Bertz CT molecular complexity index is 150. The molecular formula is C10H19NO. The number of nitrogens with zero attached hydrogens (tertiary/aromatic N) is 1. The molecule has 0 aromatic rings. The van der Waals surface area contributed by atoms with Crippen LogP contribution in [0.4, 0.5) is 0 Å². The highest BCUT2D eigenvalue weighted by atomic mass is 16.1. The summed E-state index contributed by atoms with van der Waals surface area (Å²) >= 11 is 0. The highest BCUT2D eigenvalue weighted by molar-refractivity contribution is 5.65. The number of allylic oxidation sites excluding steroid dienone is 2. The first-order valence-corrected chi connectivity index (χ1v) is 4.54. The van der Waals surface area contributed by atoms with E-state index in [1.165, 1.54) is 19.3 Å². The van der Waals surface area contributed by atoms with Gasteiger partial charge >= 0.3 is 0 Å². The zero-order valence-corrected chi connectivity index (χ0v) is 8.34. The van der Waals surface area contributed by atoms with Gasteiger partial charge in [-0.1, -0.05) is 19.8 Å². The summed E-state index contributed by atoms with van der Waals surface area (Å²) in [6, 6.07) is 0. The van der Waals surface area contributed by atoms with Gasteiger partial charge in [-0.3, -0.25) is 4.79 Å². The van der Waals surface area contributed by atoms with Crippen molar-refractivity contribution >= 4 is 6.29 Å². The van der Waals surface area contributed by atoms with Crippen LogP contribution in [-0.4, -0.2) is 25.3 Å². The van der Waals surface area contributed by atoms with Crippen molar-refractivity contribution in [2.24, 2.45) is 0 Å². The summed E-state index contributed by atoms with van der Waals surface area (Å²) in [4.78, 5) is 12.3. The van der Waals surface area contributed by atoms with Crippen LogP contribution in [0.3, 0.4) is 0 Å². The average molecular weight is 169 g/mol. The van der Waals surface area contributed by atoms with Crippen LogP contribution in [0.25, 0.3) is 0 Å². The Balaban J connectivity index is 3.80. The van der Waals surface area contributed by atoms with E-state index in [1.54, 1.807) is 6.08 Å². The number of hydrogen-bond donors (Lipinski definition) is 0.